The zero-order chi connectivity index (χ0) is 59.2. The van der Waals surface area contributed by atoms with Crippen molar-refractivity contribution >= 4 is 11.9 Å². The van der Waals surface area contributed by atoms with Crippen LogP contribution >= 0.6 is 0 Å². The molecule has 0 aliphatic heterocycles. The fraction of sp³-hybridized carbons (Fsp3) is 0.974. The standard InChI is InChI=1S/C76H151NO5/c1-3-5-7-9-11-13-15-17-19-21-23-24-25-27-30-33-36-40-44-48-52-56-60-64-68-74(79)73(72-78)77-75(80)69-65-61-57-53-49-45-41-37-34-31-28-26-29-32-35-39-43-47-51-55-59-63-67-71-82-76(81)70-66-62-58-54-50-46-42-38-22-20-18-16-14-12-10-8-6-4-2/h73-74,78-79H,3-72H2,1-2H3,(H,77,80). The molecule has 0 aliphatic rings. The number of rotatable bonds is 73. The van der Waals surface area contributed by atoms with E-state index in [9.17, 15) is 19.8 Å². The summed E-state index contributed by atoms with van der Waals surface area (Å²) in [7, 11) is 0. The van der Waals surface area contributed by atoms with Gasteiger partial charge in [0.05, 0.1) is 25.4 Å². The van der Waals surface area contributed by atoms with Gasteiger partial charge in [0.15, 0.2) is 0 Å². The zero-order valence-electron chi connectivity index (χ0n) is 56.3. The van der Waals surface area contributed by atoms with Gasteiger partial charge in [-0.15, -0.1) is 0 Å². The van der Waals surface area contributed by atoms with Gasteiger partial charge in [0.25, 0.3) is 0 Å². The lowest BCUT2D eigenvalue weighted by Gasteiger charge is -2.22. The number of hydrogen-bond donors (Lipinski definition) is 3. The molecule has 0 saturated heterocycles. The summed E-state index contributed by atoms with van der Waals surface area (Å²) in [5.74, 6) is -0.00727. The molecule has 490 valence electrons. The van der Waals surface area contributed by atoms with E-state index in [0.717, 1.165) is 38.5 Å². The van der Waals surface area contributed by atoms with Crippen LogP contribution < -0.4 is 5.32 Å². The van der Waals surface area contributed by atoms with Gasteiger partial charge in [-0.3, -0.25) is 9.59 Å². The Morgan fingerprint density at radius 1 is 0.293 bits per heavy atom. The van der Waals surface area contributed by atoms with Crippen molar-refractivity contribution in [2.45, 2.75) is 463 Å². The summed E-state index contributed by atoms with van der Waals surface area (Å²) < 4.78 is 5.52. The molecule has 6 heteroatoms. The molecule has 0 aromatic carbocycles. The van der Waals surface area contributed by atoms with Crippen LogP contribution in [0.2, 0.25) is 0 Å². The molecular formula is C76H151NO5. The number of aliphatic hydroxyl groups excluding tert-OH is 2. The number of nitrogens with one attached hydrogen (secondary N) is 1. The Hall–Kier alpha value is -1.14. The SMILES string of the molecule is CCCCCCCCCCCCCCCCCCCCCCCCCCC(O)C(CO)NC(=O)CCCCCCCCCCCCCCCCCCCCCCCCCOC(=O)CCCCCCCCCCCCCCCCCCCC. The molecule has 0 fully saturated rings. The van der Waals surface area contributed by atoms with Gasteiger partial charge in [0.2, 0.25) is 5.91 Å². The van der Waals surface area contributed by atoms with Gasteiger partial charge in [-0.1, -0.05) is 412 Å². The number of carbonyl (C=O) groups excluding carboxylic acids is 2. The normalized spacial score (nSPS) is 12.4. The molecule has 0 rings (SSSR count). The highest BCUT2D eigenvalue weighted by atomic mass is 16.5. The molecule has 3 N–H and O–H groups in total. The number of carbonyl (C=O) groups is 2. The van der Waals surface area contributed by atoms with Crippen LogP contribution in [-0.4, -0.2) is 47.4 Å². The number of unbranched alkanes of at least 4 members (excludes halogenated alkanes) is 62. The van der Waals surface area contributed by atoms with Gasteiger partial charge in [-0.2, -0.15) is 0 Å². The predicted molar refractivity (Wildman–Crippen MR) is 361 cm³/mol. The maximum absolute atomic E-state index is 12.6. The Morgan fingerprint density at radius 3 is 0.744 bits per heavy atom. The number of amides is 1. The second-order valence-corrected chi connectivity index (χ2v) is 26.7. The molecular weight excluding hydrogens is 1010 g/mol. The average Bonchev–Trinajstić information content (AvgIpc) is 3.48. The van der Waals surface area contributed by atoms with Crippen molar-refractivity contribution in [1.82, 2.24) is 5.32 Å². The first-order chi connectivity index (χ1) is 40.5. The van der Waals surface area contributed by atoms with Gasteiger partial charge in [-0.25, -0.2) is 0 Å². The van der Waals surface area contributed by atoms with E-state index in [0.29, 0.717) is 25.9 Å². The largest absolute Gasteiger partial charge is 0.466 e. The first kappa shape index (κ1) is 80.9. The van der Waals surface area contributed by atoms with Crippen LogP contribution in [0.5, 0.6) is 0 Å². The van der Waals surface area contributed by atoms with Crippen LogP contribution in [0.25, 0.3) is 0 Å². The molecule has 0 aromatic rings. The Balaban J connectivity index is 3.35. The molecule has 82 heavy (non-hydrogen) atoms. The highest BCUT2D eigenvalue weighted by Crippen LogP contribution is 2.20. The second-order valence-electron chi connectivity index (χ2n) is 26.7. The fourth-order valence-corrected chi connectivity index (χ4v) is 12.6. The first-order valence-corrected chi connectivity index (χ1v) is 38.3. The minimum atomic E-state index is -0.665. The number of aliphatic hydroxyl groups is 2. The second kappa shape index (κ2) is 72.3. The van der Waals surface area contributed by atoms with Crippen LogP contribution in [0.4, 0.5) is 0 Å². The van der Waals surface area contributed by atoms with Crippen LogP contribution in [0.3, 0.4) is 0 Å². The first-order valence-electron chi connectivity index (χ1n) is 38.3. The van der Waals surface area contributed by atoms with E-state index in [1.165, 1.54) is 379 Å². The molecule has 1 amide bonds. The van der Waals surface area contributed by atoms with E-state index < -0.39 is 12.1 Å². The molecule has 0 aromatic heterocycles. The van der Waals surface area contributed by atoms with Gasteiger partial charge in [0, 0.05) is 12.8 Å². The Kier molecular flexibility index (Phi) is 71.3. The molecule has 2 unspecified atom stereocenters. The lowest BCUT2D eigenvalue weighted by Crippen LogP contribution is -2.45. The highest BCUT2D eigenvalue weighted by Gasteiger charge is 2.20. The van der Waals surface area contributed by atoms with E-state index in [2.05, 4.69) is 19.2 Å². The van der Waals surface area contributed by atoms with Crippen molar-refractivity contribution < 1.29 is 24.5 Å². The summed E-state index contributed by atoms with van der Waals surface area (Å²) in [4.78, 5) is 24.7. The maximum atomic E-state index is 12.6. The van der Waals surface area contributed by atoms with Crippen molar-refractivity contribution in [3.05, 3.63) is 0 Å². The lowest BCUT2D eigenvalue weighted by atomic mass is 10.0. The van der Waals surface area contributed by atoms with Crippen molar-refractivity contribution in [2.24, 2.45) is 0 Å². The number of ether oxygens (including phenoxy) is 1. The zero-order valence-corrected chi connectivity index (χ0v) is 56.3. The van der Waals surface area contributed by atoms with Crippen LogP contribution in [0.1, 0.15) is 450 Å². The van der Waals surface area contributed by atoms with E-state index in [1.807, 2.05) is 0 Å². The minimum absolute atomic E-state index is 0.0207. The molecule has 0 saturated carbocycles. The molecule has 2 atom stereocenters. The van der Waals surface area contributed by atoms with Gasteiger partial charge >= 0.3 is 5.97 Å². The summed E-state index contributed by atoms with van der Waals surface area (Å²) in [6, 6.07) is -0.542. The highest BCUT2D eigenvalue weighted by molar-refractivity contribution is 5.76. The van der Waals surface area contributed by atoms with Crippen LogP contribution in [0.15, 0.2) is 0 Å². The molecule has 0 heterocycles. The predicted octanol–water partition coefficient (Wildman–Crippen LogP) is 24.9. The number of hydrogen-bond acceptors (Lipinski definition) is 5. The quantitative estimate of drug-likeness (QED) is 0.0417. The van der Waals surface area contributed by atoms with Crippen LogP contribution in [0, 0.1) is 0 Å². The summed E-state index contributed by atoms with van der Waals surface area (Å²) in [6.45, 7) is 5.02. The van der Waals surface area contributed by atoms with Crippen molar-refractivity contribution in [3.63, 3.8) is 0 Å². The minimum Gasteiger partial charge on any atom is -0.466 e. The summed E-state index contributed by atoms with van der Waals surface area (Å²) in [5, 5.41) is 23.5. The average molecular weight is 1160 g/mol. The third-order valence-electron chi connectivity index (χ3n) is 18.4. The Labute approximate surface area is 515 Å². The third-order valence-corrected chi connectivity index (χ3v) is 18.4. The molecule has 0 radical (unpaired) electrons. The maximum Gasteiger partial charge on any atom is 0.305 e. The third kappa shape index (κ3) is 68.0. The molecule has 0 spiro atoms. The molecule has 0 aliphatic carbocycles. The molecule has 0 bridgehead atoms. The van der Waals surface area contributed by atoms with Crippen molar-refractivity contribution in [2.75, 3.05) is 13.2 Å². The summed E-state index contributed by atoms with van der Waals surface area (Å²) in [6.07, 6.45) is 88.9. The molecule has 6 nitrogen and oxygen atoms in total. The fourth-order valence-electron chi connectivity index (χ4n) is 12.6. The summed E-state index contributed by atoms with van der Waals surface area (Å²) >= 11 is 0. The number of esters is 1. The van der Waals surface area contributed by atoms with Crippen LogP contribution in [-0.2, 0) is 14.3 Å². The van der Waals surface area contributed by atoms with Gasteiger partial charge in [-0.05, 0) is 25.7 Å². The van der Waals surface area contributed by atoms with Crippen molar-refractivity contribution in [1.29, 1.82) is 0 Å². The Morgan fingerprint density at radius 2 is 0.500 bits per heavy atom. The smallest absolute Gasteiger partial charge is 0.305 e. The monoisotopic (exact) mass is 1160 g/mol. The summed E-state index contributed by atoms with van der Waals surface area (Å²) in [5.41, 5.74) is 0. The van der Waals surface area contributed by atoms with E-state index in [4.69, 9.17) is 4.74 Å². The van der Waals surface area contributed by atoms with Crippen molar-refractivity contribution in [3.8, 4) is 0 Å². The van der Waals surface area contributed by atoms with Gasteiger partial charge < -0.3 is 20.3 Å². The van der Waals surface area contributed by atoms with E-state index >= 15 is 0 Å². The van der Waals surface area contributed by atoms with E-state index in [-0.39, 0.29) is 18.5 Å². The van der Waals surface area contributed by atoms with E-state index in [1.54, 1.807) is 0 Å². The Bertz CT molecular complexity index is 1200. The topological polar surface area (TPSA) is 95.9 Å². The lowest BCUT2D eigenvalue weighted by molar-refractivity contribution is -0.143. The van der Waals surface area contributed by atoms with Gasteiger partial charge in [0.1, 0.15) is 0 Å².